The molecule has 0 spiro atoms. The minimum absolute atomic E-state index is 0.0219. The number of aromatic nitrogens is 3. The number of pyridine rings is 1. The highest BCUT2D eigenvalue weighted by Crippen LogP contribution is 2.31. The van der Waals surface area contributed by atoms with Crippen LogP contribution in [0.5, 0.6) is 5.75 Å². The van der Waals surface area contributed by atoms with E-state index in [1.165, 1.54) is 12.3 Å². The highest BCUT2D eigenvalue weighted by atomic mass is 32.2. The smallest absolute Gasteiger partial charge is 0.416 e. The number of hydrogen-bond donors (Lipinski definition) is 2. The zero-order valence-electron chi connectivity index (χ0n) is 14.2. The zero-order chi connectivity index (χ0) is 19.6. The van der Waals surface area contributed by atoms with Gasteiger partial charge in [-0.15, -0.1) is 0 Å². The highest BCUT2D eigenvalue weighted by Gasteiger charge is 2.31. The predicted octanol–water partition coefficient (Wildman–Crippen LogP) is 2.96. The Kier molecular flexibility index (Phi) is 5.59. The maximum absolute atomic E-state index is 12.8. The molecule has 3 rings (SSSR count). The highest BCUT2D eigenvalue weighted by molar-refractivity contribution is 7.90. The number of benzene rings is 1. The number of fused-ring (bicyclic) bond motifs is 1. The van der Waals surface area contributed by atoms with Gasteiger partial charge in [-0.1, -0.05) is 0 Å². The minimum Gasteiger partial charge on any atom is -0.609 e. The van der Waals surface area contributed by atoms with E-state index < -0.39 is 22.9 Å². The van der Waals surface area contributed by atoms with Crippen LogP contribution in [0.4, 0.5) is 13.2 Å². The number of nitrogens with one attached hydrogen (secondary N) is 1. The number of halogens is 3. The molecule has 0 saturated carbocycles. The Morgan fingerprint density at radius 1 is 1.30 bits per heavy atom. The van der Waals surface area contributed by atoms with E-state index in [0.717, 1.165) is 12.1 Å². The van der Waals surface area contributed by atoms with Gasteiger partial charge in [0, 0.05) is 22.9 Å². The van der Waals surface area contributed by atoms with Gasteiger partial charge in [-0.25, -0.2) is 0 Å². The molecule has 0 aliphatic carbocycles. The average molecular weight is 399 g/mol. The summed E-state index contributed by atoms with van der Waals surface area (Å²) in [6, 6.07) is 4.76. The maximum atomic E-state index is 12.8. The number of aliphatic hydroxyl groups excluding tert-OH is 1. The molecular formula is C17H16F3N3O3S. The summed E-state index contributed by atoms with van der Waals surface area (Å²) in [7, 11) is 0. The molecule has 3 aromatic rings. The number of rotatable bonds is 6. The number of alkyl halides is 3. The Bertz CT molecular complexity index is 946. The van der Waals surface area contributed by atoms with Crippen LogP contribution in [0, 0.1) is 6.92 Å². The Labute approximate surface area is 155 Å². The fourth-order valence-electron chi connectivity index (χ4n) is 2.48. The van der Waals surface area contributed by atoms with Crippen molar-refractivity contribution in [2.24, 2.45) is 0 Å². The summed E-state index contributed by atoms with van der Waals surface area (Å²) < 4.78 is 56.4. The third kappa shape index (κ3) is 4.34. The van der Waals surface area contributed by atoms with Gasteiger partial charge in [-0.2, -0.15) is 18.2 Å². The third-order valence-electron chi connectivity index (χ3n) is 3.88. The molecule has 0 fully saturated rings. The van der Waals surface area contributed by atoms with Crippen molar-refractivity contribution in [3.63, 3.8) is 0 Å². The average Bonchev–Trinajstić information content (AvgIpc) is 3.05. The number of aromatic amines is 1. The summed E-state index contributed by atoms with van der Waals surface area (Å²) in [5, 5.41) is 8.92. The van der Waals surface area contributed by atoms with Crippen molar-refractivity contribution < 1.29 is 27.6 Å². The molecule has 2 N–H and O–H groups in total. The van der Waals surface area contributed by atoms with Crippen LogP contribution >= 0.6 is 0 Å². The quantitative estimate of drug-likeness (QED) is 0.622. The summed E-state index contributed by atoms with van der Waals surface area (Å²) in [6.45, 7) is 1.74. The van der Waals surface area contributed by atoms with Gasteiger partial charge >= 0.3 is 11.3 Å². The first-order valence-electron chi connectivity index (χ1n) is 7.93. The first kappa shape index (κ1) is 19.5. The van der Waals surface area contributed by atoms with Gasteiger partial charge in [0.15, 0.2) is 5.75 Å². The number of nitrogens with zero attached hydrogens (tertiary/aromatic N) is 2. The molecule has 1 unspecified atom stereocenters. The Hall–Kier alpha value is -2.30. The lowest BCUT2D eigenvalue weighted by Gasteiger charge is -2.12. The van der Waals surface area contributed by atoms with Gasteiger partial charge in [-0.05, 0) is 31.2 Å². The van der Waals surface area contributed by atoms with Crippen LogP contribution < -0.4 is 4.74 Å². The van der Waals surface area contributed by atoms with Gasteiger partial charge in [-0.3, -0.25) is 9.97 Å². The summed E-state index contributed by atoms with van der Waals surface area (Å²) in [6.07, 6.45) is -2.97. The van der Waals surface area contributed by atoms with Crippen LogP contribution in [0.25, 0.3) is 11.0 Å². The molecular weight excluding hydrogens is 383 g/mol. The summed E-state index contributed by atoms with van der Waals surface area (Å²) in [5.74, 6) is 0.541. The van der Waals surface area contributed by atoms with Gasteiger partial charge < -0.3 is 14.4 Å². The molecule has 0 bridgehead atoms. The molecule has 1 aromatic carbocycles. The van der Waals surface area contributed by atoms with Crippen molar-refractivity contribution in [3.8, 4) is 5.75 Å². The second kappa shape index (κ2) is 7.75. The standard InChI is InChI=1S/C17H16F3N3O3S/c1-10-14(21-5-4-15(10)26-7-6-24)9-27(25)16-22-12-3-2-11(17(18,19)20)8-13(12)23-16/h2-5,8,24H,6-7,9H2,1H3,(H,22,23). The van der Waals surface area contributed by atoms with Crippen LogP contribution in [0.1, 0.15) is 16.8 Å². The first-order valence-corrected chi connectivity index (χ1v) is 9.25. The molecule has 0 aliphatic rings. The molecule has 0 amide bonds. The second-order valence-electron chi connectivity index (χ2n) is 5.71. The molecule has 0 radical (unpaired) electrons. The summed E-state index contributed by atoms with van der Waals surface area (Å²) >= 11 is -1.63. The Morgan fingerprint density at radius 2 is 2.07 bits per heavy atom. The fourth-order valence-corrected chi connectivity index (χ4v) is 3.58. The van der Waals surface area contributed by atoms with Crippen molar-refractivity contribution in [2.45, 2.75) is 24.0 Å². The van der Waals surface area contributed by atoms with E-state index in [2.05, 4.69) is 15.0 Å². The minimum atomic E-state index is -4.47. The van der Waals surface area contributed by atoms with E-state index in [4.69, 9.17) is 9.84 Å². The van der Waals surface area contributed by atoms with Crippen molar-refractivity contribution >= 4 is 22.2 Å². The maximum Gasteiger partial charge on any atom is 0.416 e. The van der Waals surface area contributed by atoms with Crippen LogP contribution in [-0.2, 0) is 23.1 Å². The summed E-state index contributed by atoms with van der Waals surface area (Å²) in [5.41, 5.74) is 0.842. The van der Waals surface area contributed by atoms with Gasteiger partial charge in [0.2, 0.25) is 0 Å². The van der Waals surface area contributed by atoms with Crippen molar-refractivity contribution in [1.82, 2.24) is 15.0 Å². The van der Waals surface area contributed by atoms with E-state index in [9.17, 15) is 17.7 Å². The van der Waals surface area contributed by atoms with Crippen LogP contribution in [0.2, 0.25) is 0 Å². The third-order valence-corrected chi connectivity index (χ3v) is 5.04. The molecule has 0 saturated heterocycles. The van der Waals surface area contributed by atoms with Gasteiger partial charge in [0.1, 0.15) is 12.4 Å². The molecule has 27 heavy (non-hydrogen) atoms. The van der Waals surface area contributed by atoms with Crippen LogP contribution in [-0.4, -0.2) is 37.8 Å². The lowest BCUT2D eigenvalue weighted by molar-refractivity contribution is -0.137. The fraction of sp³-hybridized carbons (Fsp3) is 0.294. The second-order valence-corrected chi connectivity index (χ2v) is 7.08. The predicted molar refractivity (Wildman–Crippen MR) is 92.8 cm³/mol. The molecule has 10 heteroatoms. The van der Waals surface area contributed by atoms with E-state index in [0.29, 0.717) is 22.5 Å². The lowest BCUT2D eigenvalue weighted by Crippen LogP contribution is -2.11. The lowest BCUT2D eigenvalue weighted by atomic mass is 10.2. The zero-order valence-corrected chi connectivity index (χ0v) is 15.0. The van der Waals surface area contributed by atoms with Crippen LogP contribution in [0.15, 0.2) is 35.6 Å². The molecule has 1 atom stereocenters. The normalized spacial score (nSPS) is 13.1. The molecule has 2 aromatic heterocycles. The SMILES string of the molecule is Cc1c(OCCO)ccnc1C[S+]([O-])c1nc2cc(C(F)(F)F)ccc2[nH]1. The largest absolute Gasteiger partial charge is 0.609 e. The number of aliphatic hydroxyl groups is 1. The van der Waals surface area contributed by atoms with E-state index in [-0.39, 0.29) is 29.6 Å². The number of imidazole rings is 1. The number of ether oxygens (including phenoxy) is 1. The van der Waals surface area contributed by atoms with Gasteiger partial charge in [0.05, 0.1) is 28.9 Å². The van der Waals surface area contributed by atoms with Crippen molar-refractivity contribution in [1.29, 1.82) is 0 Å². The molecule has 2 heterocycles. The van der Waals surface area contributed by atoms with E-state index >= 15 is 0 Å². The topological polar surface area (TPSA) is 94.1 Å². The van der Waals surface area contributed by atoms with Crippen molar-refractivity contribution in [2.75, 3.05) is 13.2 Å². The number of hydrogen-bond acceptors (Lipinski definition) is 5. The van der Waals surface area contributed by atoms with Gasteiger partial charge in [0.25, 0.3) is 0 Å². The molecule has 0 aliphatic heterocycles. The first-order chi connectivity index (χ1) is 12.8. The molecule has 6 nitrogen and oxygen atoms in total. The monoisotopic (exact) mass is 399 g/mol. The van der Waals surface area contributed by atoms with E-state index in [1.54, 1.807) is 13.0 Å². The Morgan fingerprint density at radius 3 is 2.78 bits per heavy atom. The molecule has 144 valence electrons. The van der Waals surface area contributed by atoms with E-state index in [1.807, 2.05) is 0 Å². The summed E-state index contributed by atoms with van der Waals surface area (Å²) in [4.78, 5) is 11.0. The van der Waals surface area contributed by atoms with Crippen LogP contribution in [0.3, 0.4) is 0 Å². The Balaban J connectivity index is 1.83. The van der Waals surface area contributed by atoms with Crippen molar-refractivity contribution in [3.05, 3.63) is 47.3 Å². The number of H-pyrrole nitrogens is 1.